The molecule has 0 spiro atoms. The van der Waals surface area contributed by atoms with Crippen molar-refractivity contribution < 1.29 is 4.74 Å². The molecule has 0 saturated heterocycles. The average molecular weight is 189 g/mol. The lowest BCUT2D eigenvalue weighted by Gasteiger charge is -2.02. The van der Waals surface area contributed by atoms with Gasteiger partial charge < -0.3 is 10.5 Å². The van der Waals surface area contributed by atoms with Crippen molar-refractivity contribution in [3.63, 3.8) is 0 Å². The average Bonchev–Trinajstić information content (AvgIpc) is 2.87. The Morgan fingerprint density at radius 1 is 1.43 bits per heavy atom. The molecule has 2 heteroatoms. The molecule has 1 aromatic rings. The predicted octanol–water partition coefficient (Wildman–Crippen LogP) is 1.68. The monoisotopic (exact) mass is 189 g/mol. The van der Waals surface area contributed by atoms with Crippen molar-refractivity contribution in [1.29, 1.82) is 0 Å². The molecule has 1 aliphatic heterocycles. The third kappa shape index (κ3) is 1.22. The molecule has 2 aliphatic rings. The van der Waals surface area contributed by atoms with Gasteiger partial charge in [0.15, 0.2) is 0 Å². The summed E-state index contributed by atoms with van der Waals surface area (Å²) in [5.74, 6) is 2.54. The van der Waals surface area contributed by atoms with Crippen LogP contribution >= 0.6 is 0 Å². The van der Waals surface area contributed by atoms with Crippen molar-refractivity contribution in [2.45, 2.75) is 18.8 Å². The van der Waals surface area contributed by atoms with Crippen LogP contribution in [-0.2, 0) is 6.42 Å². The second-order valence-electron chi connectivity index (χ2n) is 4.30. The summed E-state index contributed by atoms with van der Waals surface area (Å²) < 4.78 is 5.48. The summed E-state index contributed by atoms with van der Waals surface area (Å²) in [4.78, 5) is 0. The topological polar surface area (TPSA) is 35.2 Å². The Morgan fingerprint density at radius 2 is 2.36 bits per heavy atom. The lowest BCUT2D eigenvalue weighted by molar-refractivity contribution is 0.357. The zero-order valence-corrected chi connectivity index (χ0v) is 8.20. The fourth-order valence-electron chi connectivity index (χ4n) is 2.35. The number of ether oxygens (including phenoxy) is 1. The fourth-order valence-corrected chi connectivity index (χ4v) is 2.35. The Kier molecular flexibility index (Phi) is 1.77. The van der Waals surface area contributed by atoms with Gasteiger partial charge in [-0.3, -0.25) is 0 Å². The van der Waals surface area contributed by atoms with Gasteiger partial charge in [0.2, 0.25) is 0 Å². The van der Waals surface area contributed by atoms with Crippen LogP contribution in [0.2, 0.25) is 0 Å². The van der Waals surface area contributed by atoms with Crippen LogP contribution in [0.1, 0.15) is 23.5 Å². The number of hydrogen-bond acceptors (Lipinski definition) is 2. The van der Waals surface area contributed by atoms with Gasteiger partial charge in [0, 0.05) is 6.42 Å². The van der Waals surface area contributed by atoms with Gasteiger partial charge in [0.25, 0.3) is 0 Å². The van der Waals surface area contributed by atoms with E-state index in [0.29, 0.717) is 0 Å². The molecule has 0 bridgehead atoms. The second-order valence-corrected chi connectivity index (χ2v) is 4.30. The van der Waals surface area contributed by atoms with E-state index in [-0.39, 0.29) is 0 Å². The molecule has 2 nitrogen and oxygen atoms in total. The Morgan fingerprint density at radius 3 is 3.14 bits per heavy atom. The molecule has 1 aliphatic carbocycles. The molecule has 0 radical (unpaired) electrons. The molecule has 1 saturated carbocycles. The molecule has 1 aromatic carbocycles. The third-order valence-electron chi connectivity index (χ3n) is 3.37. The molecule has 2 unspecified atom stereocenters. The summed E-state index contributed by atoms with van der Waals surface area (Å²) in [7, 11) is 0. The largest absolute Gasteiger partial charge is 0.493 e. The quantitative estimate of drug-likeness (QED) is 0.768. The first-order valence-electron chi connectivity index (χ1n) is 5.34. The lowest BCUT2D eigenvalue weighted by Crippen LogP contribution is -2.01. The third-order valence-corrected chi connectivity index (χ3v) is 3.37. The van der Waals surface area contributed by atoms with Crippen LogP contribution in [-0.4, -0.2) is 13.2 Å². The van der Waals surface area contributed by atoms with E-state index in [1.54, 1.807) is 0 Å². The first-order chi connectivity index (χ1) is 6.88. The van der Waals surface area contributed by atoms with Crippen molar-refractivity contribution in [1.82, 2.24) is 0 Å². The Balaban J connectivity index is 1.87. The Labute approximate surface area is 84.1 Å². The van der Waals surface area contributed by atoms with Gasteiger partial charge in [-0.1, -0.05) is 12.1 Å². The molecular formula is C12H15NO. The maximum atomic E-state index is 5.65. The first kappa shape index (κ1) is 8.30. The highest BCUT2D eigenvalue weighted by molar-refractivity contribution is 5.42. The lowest BCUT2D eigenvalue weighted by atomic mass is 10.0. The van der Waals surface area contributed by atoms with E-state index in [0.717, 1.165) is 37.2 Å². The van der Waals surface area contributed by atoms with E-state index in [1.165, 1.54) is 17.5 Å². The standard InChI is InChI=1S/C12H15NO/c13-7-10-6-11(10)8-1-2-12-9(5-8)3-4-14-12/h1-2,5,10-11H,3-4,6-7,13H2. The number of hydrogen-bond donors (Lipinski definition) is 1. The molecule has 2 atom stereocenters. The summed E-state index contributed by atoms with van der Waals surface area (Å²) in [5.41, 5.74) is 8.49. The van der Waals surface area contributed by atoms with Crippen LogP contribution in [0.3, 0.4) is 0 Å². The molecule has 0 aromatic heterocycles. The summed E-state index contributed by atoms with van der Waals surface area (Å²) >= 11 is 0. The van der Waals surface area contributed by atoms with Gasteiger partial charge in [0.05, 0.1) is 6.61 Å². The fraction of sp³-hybridized carbons (Fsp3) is 0.500. The van der Waals surface area contributed by atoms with Crippen molar-refractivity contribution in [2.24, 2.45) is 11.7 Å². The van der Waals surface area contributed by atoms with E-state index < -0.39 is 0 Å². The maximum absolute atomic E-state index is 5.65. The highest BCUT2D eigenvalue weighted by atomic mass is 16.5. The highest BCUT2D eigenvalue weighted by Gasteiger charge is 2.37. The number of benzene rings is 1. The number of fused-ring (bicyclic) bond motifs is 1. The van der Waals surface area contributed by atoms with Gasteiger partial charge in [0.1, 0.15) is 5.75 Å². The van der Waals surface area contributed by atoms with Crippen LogP contribution in [0.5, 0.6) is 5.75 Å². The highest BCUT2D eigenvalue weighted by Crippen LogP contribution is 2.47. The minimum Gasteiger partial charge on any atom is -0.493 e. The van der Waals surface area contributed by atoms with Gasteiger partial charge in [-0.2, -0.15) is 0 Å². The second kappa shape index (κ2) is 2.99. The maximum Gasteiger partial charge on any atom is 0.122 e. The van der Waals surface area contributed by atoms with Gasteiger partial charge >= 0.3 is 0 Å². The van der Waals surface area contributed by atoms with E-state index in [4.69, 9.17) is 10.5 Å². The predicted molar refractivity (Wildman–Crippen MR) is 55.5 cm³/mol. The Hall–Kier alpha value is -1.02. The smallest absolute Gasteiger partial charge is 0.122 e. The van der Waals surface area contributed by atoms with Gasteiger partial charge in [-0.05, 0) is 42.0 Å². The van der Waals surface area contributed by atoms with E-state index in [9.17, 15) is 0 Å². The zero-order valence-electron chi connectivity index (χ0n) is 8.20. The minimum atomic E-state index is 0.728. The van der Waals surface area contributed by atoms with Crippen LogP contribution in [0, 0.1) is 5.92 Å². The van der Waals surface area contributed by atoms with Crippen LogP contribution in [0.15, 0.2) is 18.2 Å². The van der Waals surface area contributed by atoms with E-state index >= 15 is 0 Å². The van der Waals surface area contributed by atoms with Crippen molar-refractivity contribution in [2.75, 3.05) is 13.2 Å². The summed E-state index contributed by atoms with van der Waals surface area (Å²) in [6.07, 6.45) is 2.35. The van der Waals surface area contributed by atoms with Gasteiger partial charge in [-0.15, -0.1) is 0 Å². The summed E-state index contributed by atoms with van der Waals surface area (Å²) in [6, 6.07) is 6.62. The number of nitrogens with two attached hydrogens (primary N) is 1. The van der Waals surface area contributed by atoms with Crippen LogP contribution < -0.4 is 10.5 Å². The van der Waals surface area contributed by atoms with Crippen LogP contribution in [0.25, 0.3) is 0 Å². The van der Waals surface area contributed by atoms with Crippen molar-refractivity contribution in [3.8, 4) is 5.75 Å². The van der Waals surface area contributed by atoms with Crippen LogP contribution in [0.4, 0.5) is 0 Å². The Bertz CT molecular complexity index is 361. The molecule has 1 fully saturated rings. The summed E-state index contributed by atoms with van der Waals surface area (Å²) in [5, 5.41) is 0. The molecule has 2 N–H and O–H groups in total. The molecular weight excluding hydrogens is 174 g/mol. The molecule has 74 valence electrons. The SMILES string of the molecule is NCC1CC1c1ccc2c(c1)CCO2. The van der Waals surface area contributed by atoms with E-state index in [2.05, 4.69) is 18.2 Å². The first-order valence-corrected chi connectivity index (χ1v) is 5.34. The zero-order chi connectivity index (χ0) is 9.54. The number of rotatable bonds is 2. The molecule has 0 amide bonds. The van der Waals surface area contributed by atoms with Crippen molar-refractivity contribution >= 4 is 0 Å². The van der Waals surface area contributed by atoms with Crippen molar-refractivity contribution in [3.05, 3.63) is 29.3 Å². The van der Waals surface area contributed by atoms with Gasteiger partial charge in [-0.25, -0.2) is 0 Å². The molecule has 1 heterocycles. The minimum absolute atomic E-state index is 0.728. The van der Waals surface area contributed by atoms with E-state index in [1.807, 2.05) is 0 Å². The molecule has 3 rings (SSSR count). The normalized spacial score (nSPS) is 28.4. The molecule has 14 heavy (non-hydrogen) atoms. The summed E-state index contributed by atoms with van der Waals surface area (Å²) in [6.45, 7) is 1.68.